The van der Waals surface area contributed by atoms with E-state index in [1.165, 1.54) is 7.11 Å². The van der Waals surface area contributed by atoms with Gasteiger partial charge in [-0.1, -0.05) is 29.8 Å². The molecule has 1 aliphatic carbocycles. The molecule has 2 N–H and O–H groups in total. The number of esters is 1. The molecule has 134 valence electrons. The summed E-state index contributed by atoms with van der Waals surface area (Å²) < 4.78 is 4.85. The maximum Gasteiger partial charge on any atom is 0.340 e. The summed E-state index contributed by atoms with van der Waals surface area (Å²) in [5.41, 5.74) is 4.42. The molecule has 1 heterocycles. The standard InChI is InChI=1S/C21H20ClNO3/c1-12-8-13(4-5-17(12)21(25)6-3-7-21)14-9-15-16(20(24)26-2)11-23-19(15)10-18(14)22/h4-5,8-11,23,25H,3,6-7H2,1-2H3. The number of hydrogen-bond donors (Lipinski definition) is 2. The number of nitrogens with one attached hydrogen (secondary N) is 1. The van der Waals surface area contributed by atoms with Crippen molar-refractivity contribution in [3.63, 3.8) is 0 Å². The molecule has 1 fully saturated rings. The van der Waals surface area contributed by atoms with Crippen LogP contribution in [0.5, 0.6) is 0 Å². The van der Waals surface area contributed by atoms with Crippen LogP contribution in [0.4, 0.5) is 0 Å². The van der Waals surface area contributed by atoms with Crippen LogP contribution >= 0.6 is 11.6 Å². The van der Waals surface area contributed by atoms with Crippen LogP contribution in [0.2, 0.25) is 5.02 Å². The van der Waals surface area contributed by atoms with Crippen LogP contribution in [0, 0.1) is 6.92 Å². The molecule has 0 spiro atoms. The van der Waals surface area contributed by atoms with Crippen LogP contribution in [-0.2, 0) is 10.3 Å². The molecule has 3 aromatic rings. The van der Waals surface area contributed by atoms with Crippen LogP contribution in [0.15, 0.2) is 36.5 Å². The van der Waals surface area contributed by atoms with Crippen LogP contribution < -0.4 is 0 Å². The van der Waals surface area contributed by atoms with Crippen molar-refractivity contribution >= 4 is 28.5 Å². The first-order valence-corrected chi connectivity index (χ1v) is 9.03. The summed E-state index contributed by atoms with van der Waals surface area (Å²) in [6, 6.07) is 9.75. The third-order valence-corrected chi connectivity index (χ3v) is 5.71. The number of aromatic amines is 1. The highest BCUT2D eigenvalue weighted by Gasteiger charge is 2.37. The zero-order chi connectivity index (χ0) is 18.5. The molecule has 4 rings (SSSR count). The van der Waals surface area contributed by atoms with E-state index in [-0.39, 0.29) is 5.97 Å². The van der Waals surface area contributed by atoms with Gasteiger partial charge in [0.05, 0.1) is 23.3 Å². The molecule has 0 bridgehead atoms. The number of carbonyl (C=O) groups excluding carboxylic acids is 1. The SMILES string of the molecule is COC(=O)c1c[nH]c2cc(Cl)c(-c3ccc(C4(O)CCC4)c(C)c3)cc12. The zero-order valence-electron chi connectivity index (χ0n) is 14.7. The van der Waals surface area contributed by atoms with Crippen LogP contribution in [-0.4, -0.2) is 23.2 Å². The van der Waals surface area contributed by atoms with Gasteiger partial charge in [0.1, 0.15) is 0 Å². The Morgan fingerprint density at radius 1 is 1.27 bits per heavy atom. The molecule has 0 saturated heterocycles. The minimum Gasteiger partial charge on any atom is -0.465 e. The largest absolute Gasteiger partial charge is 0.465 e. The van der Waals surface area contributed by atoms with Gasteiger partial charge in [-0.2, -0.15) is 0 Å². The molecule has 5 heteroatoms. The smallest absolute Gasteiger partial charge is 0.340 e. The van der Waals surface area contributed by atoms with Gasteiger partial charge in [0, 0.05) is 22.7 Å². The van der Waals surface area contributed by atoms with E-state index in [0.717, 1.165) is 52.4 Å². The van der Waals surface area contributed by atoms with E-state index in [1.807, 2.05) is 37.3 Å². The Balaban J connectivity index is 1.82. The predicted octanol–water partition coefficient (Wildman–Crippen LogP) is 4.95. The van der Waals surface area contributed by atoms with Gasteiger partial charge in [0.25, 0.3) is 0 Å². The molecule has 1 aromatic heterocycles. The minimum atomic E-state index is -0.685. The number of aliphatic hydroxyl groups is 1. The molecule has 0 aliphatic heterocycles. The van der Waals surface area contributed by atoms with Gasteiger partial charge in [-0.3, -0.25) is 0 Å². The van der Waals surface area contributed by atoms with Crippen LogP contribution in [0.1, 0.15) is 40.7 Å². The molecule has 1 aliphatic rings. The second-order valence-corrected chi connectivity index (χ2v) is 7.39. The Hall–Kier alpha value is -2.30. The number of H-pyrrole nitrogens is 1. The Bertz CT molecular complexity index is 1020. The highest BCUT2D eigenvalue weighted by Crippen LogP contribution is 2.43. The summed E-state index contributed by atoms with van der Waals surface area (Å²) in [7, 11) is 1.37. The van der Waals surface area contributed by atoms with Crippen molar-refractivity contribution in [3.05, 3.63) is 58.2 Å². The molecule has 4 nitrogen and oxygen atoms in total. The molecule has 0 amide bonds. The summed E-state index contributed by atoms with van der Waals surface area (Å²) in [5.74, 6) is -0.386. The summed E-state index contributed by atoms with van der Waals surface area (Å²) in [4.78, 5) is 15.0. The number of carbonyl (C=O) groups is 1. The van der Waals surface area contributed by atoms with Crippen molar-refractivity contribution in [2.24, 2.45) is 0 Å². The van der Waals surface area contributed by atoms with E-state index in [0.29, 0.717) is 10.6 Å². The highest BCUT2D eigenvalue weighted by atomic mass is 35.5. The number of halogens is 1. The number of rotatable bonds is 3. The van der Waals surface area contributed by atoms with Gasteiger partial charge >= 0.3 is 5.97 Å². The number of methoxy groups -OCH3 is 1. The molecule has 2 aromatic carbocycles. The second kappa shape index (κ2) is 6.15. The number of aromatic nitrogens is 1. The Morgan fingerprint density at radius 2 is 2.04 bits per heavy atom. The zero-order valence-corrected chi connectivity index (χ0v) is 15.5. The van der Waals surface area contributed by atoms with Crippen molar-refractivity contribution in [1.29, 1.82) is 0 Å². The lowest BCUT2D eigenvalue weighted by molar-refractivity contribution is -0.0392. The van der Waals surface area contributed by atoms with Crippen LogP contribution in [0.25, 0.3) is 22.0 Å². The fourth-order valence-electron chi connectivity index (χ4n) is 3.78. The third-order valence-electron chi connectivity index (χ3n) is 5.39. The van der Waals surface area contributed by atoms with Gasteiger partial charge in [-0.25, -0.2) is 4.79 Å². The highest BCUT2D eigenvalue weighted by molar-refractivity contribution is 6.34. The Morgan fingerprint density at radius 3 is 2.65 bits per heavy atom. The maximum atomic E-state index is 12.0. The van der Waals surface area contributed by atoms with Gasteiger partial charge < -0.3 is 14.8 Å². The monoisotopic (exact) mass is 369 g/mol. The van der Waals surface area contributed by atoms with Crippen molar-refractivity contribution in [3.8, 4) is 11.1 Å². The number of fused-ring (bicyclic) bond motifs is 1. The van der Waals surface area contributed by atoms with Crippen molar-refractivity contribution in [2.75, 3.05) is 7.11 Å². The Kier molecular flexibility index (Phi) is 4.05. The van der Waals surface area contributed by atoms with Gasteiger partial charge in [-0.05, 0) is 55.0 Å². The van der Waals surface area contributed by atoms with E-state index >= 15 is 0 Å². The number of aryl methyl sites for hydroxylation is 1. The predicted molar refractivity (Wildman–Crippen MR) is 103 cm³/mol. The first kappa shape index (κ1) is 17.1. The van der Waals surface area contributed by atoms with Crippen molar-refractivity contribution < 1.29 is 14.6 Å². The van der Waals surface area contributed by atoms with E-state index in [2.05, 4.69) is 4.98 Å². The number of benzene rings is 2. The molecular formula is C21H20ClNO3. The van der Waals surface area contributed by atoms with Crippen molar-refractivity contribution in [2.45, 2.75) is 31.8 Å². The van der Waals surface area contributed by atoms with E-state index in [4.69, 9.17) is 16.3 Å². The average Bonchev–Trinajstić information content (AvgIpc) is 3.01. The van der Waals surface area contributed by atoms with Crippen LogP contribution in [0.3, 0.4) is 0 Å². The molecular weight excluding hydrogens is 350 g/mol. The molecule has 0 atom stereocenters. The fourth-order valence-corrected chi connectivity index (χ4v) is 4.05. The lowest BCUT2D eigenvalue weighted by Gasteiger charge is -2.38. The molecule has 26 heavy (non-hydrogen) atoms. The third kappa shape index (κ3) is 2.61. The lowest BCUT2D eigenvalue weighted by atomic mass is 9.73. The van der Waals surface area contributed by atoms with Gasteiger partial charge in [0.15, 0.2) is 0 Å². The average molecular weight is 370 g/mol. The number of hydrogen-bond acceptors (Lipinski definition) is 3. The summed E-state index contributed by atoms with van der Waals surface area (Å²) in [6.45, 7) is 2.01. The number of ether oxygens (including phenoxy) is 1. The van der Waals surface area contributed by atoms with E-state index in [9.17, 15) is 9.90 Å². The summed E-state index contributed by atoms with van der Waals surface area (Å²) >= 11 is 6.50. The summed E-state index contributed by atoms with van der Waals surface area (Å²) in [6.07, 6.45) is 4.32. The first-order valence-electron chi connectivity index (χ1n) is 8.66. The quantitative estimate of drug-likeness (QED) is 0.642. The fraction of sp³-hybridized carbons (Fsp3) is 0.286. The van der Waals surface area contributed by atoms with E-state index < -0.39 is 5.60 Å². The molecule has 0 unspecified atom stereocenters. The summed E-state index contributed by atoms with van der Waals surface area (Å²) in [5, 5.41) is 12.0. The van der Waals surface area contributed by atoms with E-state index in [1.54, 1.807) is 6.20 Å². The minimum absolute atomic E-state index is 0.386. The van der Waals surface area contributed by atoms with Gasteiger partial charge in [-0.15, -0.1) is 0 Å². The lowest BCUT2D eigenvalue weighted by Crippen LogP contribution is -2.34. The Labute approximate surface area is 156 Å². The molecule has 1 saturated carbocycles. The second-order valence-electron chi connectivity index (χ2n) is 6.99. The maximum absolute atomic E-state index is 12.0. The normalized spacial score (nSPS) is 15.7. The topological polar surface area (TPSA) is 62.3 Å². The van der Waals surface area contributed by atoms with Crippen molar-refractivity contribution in [1.82, 2.24) is 4.98 Å². The molecule has 0 radical (unpaired) electrons. The van der Waals surface area contributed by atoms with Gasteiger partial charge in [0.2, 0.25) is 0 Å². The first-order chi connectivity index (χ1) is 12.4.